The third-order valence-corrected chi connectivity index (χ3v) is 5.40. The molecular weight excluding hydrogens is 458 g/mol. The van der Waals surface area contributed by atoms with Crippen molar-refractivity contribution in [3.05, 3.63) is 63.6 Å². The van der Waals surface area contributed by atoms with Gasteiger partial charge in [0, 0.05) is 35.7 Å². The number of halogens is 1. The van der Waals surface area contributed by atoms with E-state index in [0.29, 0.717) is 11.3 Å². The number of nitrogens with zero attached hydrogens (tertiary/aromatic N) is 1. The maximum atomic E-state index is 12.3. The van der Waals surface area contributed by atoms with Crippen LogP contribution in [0.2, 0.25) is 0 Å². The van der Waals surface area contributed by atoms with Crippen LogP contribution in [-0.2, 0) is 15.0 Å². The van der Waals surface area contributed by atoms with E-state index in [-0.39, 0.29) is 42.6 Å². The molecule has 6 nitrogen and oxygen atoms in total. The lowest BCUT2D eigenvalue weighted by Crippen LogP contribution is -2.37. The summed E-state index contributed by atoms with van der Waals surface area (Å²) in [5, 5.41) is 5.57. The van der Waals surface area contributed by atoms with Crippen molar-refractivity contribution in [1.29, 1.82) is 0 Å². The van der Waals surface area contributed by atoms with E-state index in [0.717, 1.165) is 15.6 Å². The first-order valence-electron chi connectivity index (χ1n) is 10.2. The molecule has 0 saturated carbocycles. The van der Waals surface area contributed by atoms with Crippen LogP contribution < -0.4 is 10.6 Å². The Labute approximate surface area is 192 Å². The van der Waals surface area contributed by atoms with Crippen LogP contribution >= 0.6 is 15.9 Å². The molecule has 2 aromatic carbocycles. The highest BCUT2D eigenvalue weighted by atomic mass is 79.9. The van der Waals surface area contributed by atoms with Gasteiger partial charge in [0.1, 0.15) is 0 Å². The predicted octanol–water partition coefficient (Wildman–Crippen LogP) is 4.27. The molecule has 0 aromatic heterocycles. The molecule has 0 atom stereocenters. The van der Waals surface area contributed by atoms with Crippen molar-refractivity contribution in [2.75, 3.05) is 25.5 Å². The SMILES string of the molecule is Cc1cc(Br)ccc1NC(=O)CN(C)C(=O)CCNC(=O)c1ccc(C(C)(C)C)cc1. The van der Waals surface area contributed by atoms with E-state index in [1.165, 1.54) is 4.90 Å². The summed E-state index contributed by atoms with van der Waals surface area (Å²) in [6.45, 7) is 8.39. The summed E-state index contributed by atoms with van der Waals surface area (Å²) in [5.74, 6) is -0.713. The zero-order chi connectivity index (χ0) is 23.2. The highest BCUT2D eigenvalue weighted by molar-refractivity contribution is 9.10. The molecule has 166 valence electrons. The van der Waals surface area contributed by atoms with Gasteiger partial charge in [0.15, 0.2) is 0 Å². The summed E-state index contributed by atoms with van der Waals surface area (Å²) in [6.07, 6.45) is 0.118. The molecule has 0 unspecified atom stereocenters. The average molecular weight is 488 g/mol. The molecule has 2 rings (SSSR count). The minimum absolute atomic E-state index is 0.0222. The van der Waals surface area contributed by atoms with E-state index in [1.54, 1.807) is 19.2 Å². The van der Waals surface area contributed by atoms with Crippen molar-refractivity contribution in [1.82, 2.24) is 10.2 Å². The molecular formula is C24H30BrN3O3. The molecule has 0 aliphatic carbocycles. The molecule has 0 aliphatic rings. The largest absolute Gasteiger partial charge is 0.352 e. The van der Waals surface area contributed by atoms with Crippen molar-refractivity contribution in [2.24, 2.45) is 0 Å². The molecule has 0 spiro atoms. The zero-order valence-electron chi connectivity index (χ0n) is 18.7. The Morgan fingerprint density at radius 2 is 1.68 bits per heavy atom. The zero-order valence-corrected chi connectivity index (χ0v) is 20.3. The van der Waals surface area contributed by atoms with Gasteiger partial charge in [0.05, 0.1) is 6.54 Å². The van der Waals surface area contributed by atoms with Gasteiger partial charge in [-0.1, -0.05) is 48.8 Å². The van der Waals surface area contributed by atoms with E-state index in [2.05, 4.69) is 47.3 Å². The number of amides is 3. The summed E-state index contributed by atoms with van der Waals surface area (Å²) < 4.78 is 0.933. The van der Waals surface area contributed by atoms with Crippen LogP contribution in [0.4, 0.5) is 5.69 Å². The average Bonchev–Trinajstić information content (AvgIpc) is 2.69. The third kappa shape index (κ3) is 7.51. The van der Waals surface area contributed by atoms with E-state index in [1.807, 2.05) is 37.3 Å². The minimum atomic E-state index is -0.274. The topological polar surface area (TPSA) is 78.5 Å². The van der Waals surface area contributed by atoms with Crippen molar-refractivity contribution < 1.29 is 14.4 Å². The van der Waals surface area contributed by atoms with Gasteiger partial charge >= 0.3 is 0 Å². The molecule has 0 radical (unpaired) electrons. The lowest BCUT2D eigenvalue weighted by molar-refractivity contribution is -0.133. The van der Waals surface area contributed by atoms with Crippen LogP contribution in [0.1, 0.15) is 48.7 Å². The number of anilines is 1. The maximum Gasteiger partial charge on any atom is 0.251 e. The molecule has 0 aliphatic heterocycles. The number of carbonyl (C=O) groups excluding carboxylic acids is 3. The van der Waals surface area contributed by atoms with Gasteiger partial charge in [0.25, 0.3) is 5.91 Å². The van der Waals surface area contributed by atoms with Gasteiger partial charge in [-0.15, -0.1) is 0 Å². The first-order chi connectivity index (χ1) is 14.5. The van der Waals surface area contributed by atoms with Gasteiger partial charge in [-0.2, -0.15) is 0 Å². The third-order valence-electron chi connectivity index (χ3n) is 4.91. The molecule has 0 saturated heterocycles. The Balaban J connectivity index is 1.78. The Hall–Kier alpha value is -2.67. The fourth-order valence-electron chi connectivity index (χ4n) is 2.96. The minimum Gasteiger partial charge on any atom is -0.352 e. The number of aryl methyl sites for hydroxylation is 1. The van der Waals surface area contributed by atoms with Crippen molar-refractivity contribution in [3.8, 4) is 0 Å². The predicted molar refractivity (Wildman–Crippen MR) is 127 cm³/mol. The van der Waals surface area contributed by atoms with Crippen LogP contribution in [0.25, 0.3) is 0 Å². The van der Waals surface area contributed by atoms with Crippen molar-refractivity contribution in [2.45, 2.75) is 39.5 Å². The number of nitrogens with one attached hydrogen (secondary N) is 2. The van der Waals surface area contributed by atoms with Crippen LogP contribution in [0.15, 0.2) is 46.9 Å². The number of rotatable bonds is 7. The second-order valence-electron chi connectivity index (χ2n) is 8.59. The Morgan fingerprint density at radius 3 is 2.26 bits per heavy atom. The standard InChI is InChI=1S/C24H30BrN3O3/c1-16-14-19(25)10-11-20(16)27-21(29)15-28(5)22(30)12-13-26-23(31)17-6-8-18(9-7-17)24(2,3)4/h6-11,14H,12-13,15H2,1-5H3,(H,26,31)(H,27,29). The fourth-order valence-corrected chi connectivity index (χ4v) is 3.43. The lowest BCUT2D eigenvalue weighted by Gasteiger charge is -2.19. The number of benzene rings is 2. The van der Waals surface area contributed by atoms with Crippen LogP contribution in [0, 0.1) is 6.92 Å². The monoisotopic (exact) mass is 487 g/mol. The van der Waals surface area contributed by atoms with Crippen LogP contribution in [0.3, 0.4) is 0 Å². The molecule has 2 N–H and O–H groups in total. The van der Waals surface area contributed by atoms with E-state index in [4.69, 9.17) is 0 Å². The Bertz CT molecular complexity index is 950. The normalized spacial score (nSPS) is 11.0. The van der Waals surface area contributed by atoms with Crippen molar-refractivity contribution in [3.63, 3.8) is 0 Å². The molecule has 7 heteroatoms. The van der Waals surface area contributed by atoms with E-state index in [9.17, 15) is 14.4 Å². The summed E-state index contributed by atoms with van der Waals surface area (Å²) in [7, 11) is 1.57. The molecule has 3 amide bonds. The van der Waals surface area contributed by atoms with Gasteiger partial charge in [0.2, 0.25) is 11.8 Å². The lowest BCUT2D eigenvalue weighted by atomic mass is 9.87. The summed E-state index contributed by atoms with van der Waals surface area (Å²) in [6, 6.07) is 13.0. The number of hydrogen-bond donors (Lipinski definition) is 2. The number of likely N-dealkylation sites (N-methyl/N-ethyl adjacent to an activating group) is 1. The molecule has 0 heterocycles. The van der Waals surface area contributed by atoms with E-state index < -0.39 is 0 Å². The quantitative estimate of drug-likeness (QED) is 0.611. The molecule has 2 aromatic rings. The molecule has 31 heavy (non-hydrogen) atoms. The van der Waals surface area contributed by atoms with Gasteiger partial charge < -0.3 is 15.5 Å². The second-order valence-corrected chi connectivity index (χ2v) is 9.51. The second kappa shape index (κ2) is 10.6. The van der Waals surface area contributed by atoms with Crippen molar-refractivity contribution >= 4 is 39.3 Å². The van der Waals surface area contributed by atoms with Gasteiger partial charge in [-0.05, 0) is 53.8 Å². The van der Waals surface area contributed by atoms with Gasteiger partial charge in [-0.3, -0.25) is 14.4 Å². The summed E-state index contributed by atoms with van der Waals surface area (Å²) in [4.78, 5) is 38.2. The molecule has 0 bridgehead atoms. The summed E-state index contributed by atoms with van der Waals surface area (Å²) in [5.41, 5.74) is 3.36. The first kappa shape index (κ1) is 24.6. The maximum absolute atomic E-state index is 12.3. The van der Waals surface area contributed by atoms with Gasteiger partial charge in [-0.25, -0.2) is 0 Å². The Morgan fingerprint density at radius 1 is 1.03 bits per heavy atom. The smallest absolute Gasteiger partial charge is 0.251 e. The van der Waals surface area contributed by atoms with Crippen LogP contribution in [0.5, 0.6) is 0 Å². The Kier molecular flexibility index (Phi) is 8.39. The summed E-state index contributed by atoms with van der Waals surface area (Å²) >= 11 is 3.39. The first-order valence-corrected chi connectivity index (χ1v) is 11.0. The fraction of sp³-hybridized carbons (Fsp3) is 0.375. The van der Waals surface area contributed by atoms with Crippen LogP contribution in [-0.4, -0.2) is 42.8 Å². The highest BCUT2D eigenvalue weighted by Gasteiger charge is 2.16. The van der Waals surface area contributed by atoms with E-state index >= 15 is 0 Å². The number of hydrogen-bond acceptors (Lipinski definition) is 3. The number of carbonyl (C=O) groups is 3. The molecule has 0 fully saturated rings. The highest BCUT2D eigenvalue weighted by Crippen LogP contribution is 2.22.